The minimum Gasteiger partial charge on any atom is -0.493 e. The molecule has 0 unspecified atom stereocenters. The molecule has 110 valence electrons. The van der Waals surface area contributed by atoms with Crippen molar-refractivity contribution in [1.29, 1.82) is 0 Å². The molecule has 1 heterocycles. The van der Waals surface area contributed by atoms with Crippen LogP contribution in [-0.4, -0.2) is 18.9 Å². The number of ether oxygens (including phenoxy) is 1. The molecule has 1 aromatic rings. The summed E-state index contributed by atoms with van der Waals surface area (Å²) in [5, 5.41) is 0. The van der Waals surface area contributed by atoms with Crippen LogP contribution in [-0.2, 0) is 17.6 Å². The second kappa shape index (κ2) is 8.05. The normalized spacial score (nSPS) is 13.1. The van der Waals surface area contributed by atoms with Gasteiger partial charge in [-0.05, 0) is 43.0 Å². The van der Waals surface area contributed by atoms with Crippen LogP contribution in [0.25, 0.3) is 0 Å². The average Bonchev–Trinajstić information content (AvgIpc) is 2.92. The number of benzene rings is 1. The minimum atomic E-state index is 0.384. The van der Waals surface area contributed by atoms with Gasteiger partial charge in [0.25, 0.3) is 0 Å². The molecule has 0 amide bonds. The van der Waals surface area contributed by atoms with Crippen molar-refractivity contribution in [2.75, 3.05) is 13.2 Å². The predicted molar refractivity (Wildman–Crippen MR) is 81.1 cm³/mol. The molecule has 1 aliphatic rings. The number of hydrogen-bond acceptors (Lipinski definition) is 3. The third-order valence-electron chi connectivity index (χ3n) is 3.86. The molecule has 2 rings (SSSR count). The molecule has 3 heteroatoms. The summed E-state index contributed by atoms with van der Waals surface area (Å²) in [7, 11) is 0. The fourth-order valence-electron chi connectivity index (χ4n) is 2.62. The molecule has 0 radical (unpaired) electrons. The Hall–Kier alpha value is -1.35. The number of Topliss-reactive ketones (excluding diaryl/α,β-unsaturated/α-hetero) is 1. The summed E-state index contributed by atoms with van der Waals surface area (Å²) in [6.07, 6.45) is 7.60. The van der Waals surface area contributed by atoms with Gasteiger partial charge >= 0.3 is 0 Å². The predicted octanol–water partition coefficient (Wildman–Crippen LogP) is 3.03. The Morgan fingerprint density at radius 3 is 2.85 bits per heavy atom. The number of nitrogens with two attached hydrogens (primary N) is 1. The number of fused-ring (bicyclic) bond motifs is 1. The maximum absolute atomic E-state index is 11.8. The average molecular weight is 275 g/mol. The van der Waals surface area contributed by atoms with Crippen LogP contribution in [0.5, 0.6) is 5.75 Å². The van der Waals surface area contributed by atoms with Crippen molar-refractivity contribution in [2.45, 2.75) is 51.4 Å². The van der Waals surface area contributed by atoms with Gasteiger partial charge in [-0.1, -0.05) is 25.0 Å². The molecule has 0 saturated heterocycles. The summed E-state index contributed by atoms with van der Waals surface area (Å²) in [6, 6.07) is 6.31. The largest absolute Gasteiger partial charge is 0.493 e. The number of ketones is 1. The van der Waals surface area contributed by atoms with Gasteiger partial charge < -0.3 is 10.5 Å². The first-order valence-corrected chi connectivity index (χ1v) is 7.76. The first-order chi connectivity index (χ1) is 9.79. The third kappa shape index (κ3) is 4.64. The molecular formula is C17H25NO2. The van der Waals surface area contributed by atoms with Crippen molar-refractivity contribution < 1.29 is 9.53 Å². The Labute approximate surface area is 121 Å². The number of aryl methyl sites for hydroxylation is 1. The quantitative estimate of drug-likeness (QED) is 0.705. The van der Waals surface area contributed by atoms with Crippen molar-refractivity contribution in [3.8, 4) is 5.75 Å². The smallest absolute Gasteiger partial charge is 0.133 e. The summed E-state index contributed by atoms with van der Waals surface area (Å²) in [6.45, 7) is 1.55. The lowest BCUT2D eigenvalue weighted by Gasteiger charge is -2.04. The summed E-state index contributed by atoms with van der Waals surface area (Å²) < 4.78 is 5.49. The second-order valence-corrected chi connectivity index (χ2v) is 5.53. The van der Waals surface area contributed by atoms with Crippen LogP contribution in [0.2, 0.25) is 0 Å². The lowest BCUT2D eigenvalue weighted by molar-refractivity contribution is -0.119. The zero-order valence-electron chi connectivity index (χ0n) is 12.2. The first-order valence-electron chi connectivity index (χ1n) is 7.76. The lowest BCUT2D eigenvalue weighted by atomic mass is 10.0. The molecule has 3 nitrogen and oxygen atoms in total. The Morgan fingerprint density at radius 2 is 2.00 bits per heavy atom. The van der Waals surface area contributed by atoms with Crippen LogP contribution in [0, 0.1) is 0 Å². The maximum Gasteiger partial charge on any atom is 0.133 e. The molecule has 2 N–H and O–H groups in total. The lowest BCUT2D eigenvalue weighted by Crippen LogP contribution is -2.01. The molecule has 0 bridgehead atoms. The molecule has 0 saturated carbocycles. The highest BCUT2D eigenvalue weighted by Gasteiger charge is 2.12. The molecule has 0 aromatic heterocycles. The van der Waals surface area contributed by atoms with Crippen LogP contribution >= 0.6 is 0 Å². The zero-order valence-corrected chi connectivity index (χ0v) is 12.2. The van der Waals surface area contributed by atoms with Crippen molar-refractivity contribution in [2.24, 2.45) is 5.73 Å². The van der Waals surface area contributed by atoms with Gasteiger partial charge in [-0.25, -0.2) is 0 Å². The number of hydrogen-bond donors (Lipinski definition) is 1. The molecule has 20 heavy (non-hydrogen) atoms. The van der Waals surface area contributed by atoms with Gasteiger partial charge in [0.1, 0.15) is 11.5 Å². The number of carbonyl (C=O) groups excluding carboxylic acids is 1. The van der Waals surface area contributed by atoms with Crippen molar-refractivity contribution in [3.63, 3.8) is 0 Å². The van der Waals surface area contributed by atoms with Gasteiger partial charge in [0.05, 0.1) is 6.61 Å². The van der Waals surface area contributed by atoms with E-state index in [-0.39, 0.29) is 0 Å². The molecule has 1 aromatic carbocycles. The fourth-order valence-corrected chi connectivity index (χ4v) is 2.62. The summed E-state index contributed by atoms with van der Waals surface area (Å²) in [4.78, 5) is 11.8. The van der Waals surface area contributed by atoms with Gasteiger partial charge in [0.15, 0.2) is 0 Å². The van der Waals surface area contributed by atoms with Crippen LogP contribution in [0.1, 0.15) is 49.7 Å². The van der Waals surface area contributed by atoms with Gasteiger partial charge in [-0.3, -0.25) is 4.79 Å². The van der Waals surface area contributed by atoms with E-state index in [2.05, 4.69) is 12.1 Å². The van der Waals surface area contributed by atoms with Crippen molar-refractivity contribution in [1.82, 2.24) is 0 Å². The van der Waals surface area contributed by atoms with E-state index in [1.165, 1.54) is 11.1 Å². The summed E-state index contributed by atoms with van der Waals surface area (Å²) >= 11 is 0. The highest BCUT2D eigenvalue weighted by atomic mass is 16.5. The van der Waals surface area contributed by atoms with Crippen LogP contribution in [0.3, 0.4) is 0 Å². The van der Waals surface area contributed by atoms with E-state index in [0.29, 0.717) is 12.2 Å². The molecule has 0 fully saturated rings. The Balaban J connectivity index is 1.66. The molecule has 1 aliphatic heterocycles. The monoisotopic (exact) mass is 275 g/mol. The van der Waals surface area contributed by atoms with Crippen LogP contribution in [0.15, 0.2) is 18.2 Å². The molecule has 0 aliphatic carbocycles. The molecule has 0 spiro atoms. The Bertz CT molecular complexity index is 443. The van der Waals surface area contributed by atoms with Crippen LogP contribution in [0.4, 0.5) is 0 Å². The second-order valence-electron chi connectivity index (χ2n) is 5.53. The van der Waals surface area contributed by atoms with Gasteiger partial charge in [-0.2, -0.15) is 0 Å². The SMILES string of the molecule is NCCCCCCC(=O)CCc1ccc2c(c1)CCO2. The van der Waals surface area contributed by atoms with E-state index in [1.807, 2.05) is 6.07 Å². The van der Waals surface area contributed by atoms with Crippen LogP contribution < -0.4 is 10.5 Å². The van der Waals surface area contributed by atoms with Gasteiger partial charge in [-0.15, -0.1) is 0 Å². The van der Waals surface area contributed by atoms with Gasteiger partial charge in [0.2, 0.25) is 0 Å². The highest BCUT2D eigenvalue weighted by Crippen LogP contribution is 2.26. The number of rotatable bonds is 9. The first kappa shape index (κ1) is 15.0. The third-order valence-corrected chi connectivity index (χ3v) is 3.86. The van der Waals surface area contributed by atoms with E-state index >= 15 is 0 Å². The van der Waals surface area contributed by atoms with E-state index in [9.17, 15) is 4.79 Å². The Morgan fingerprint density at radius 1 is 1.15 bits per heavy atom. The number of carbonyl (C=O) groups is 1. The number of unbranched alkanes of at least 4 members (excludes halogenated alkanes) is 3. The van der Waals surface area contributed by atoms with Crippen molar-refractivity contribution in [3.05, 3.63) is 29.3 Å². The zero-order chi connectivity index (χ0) is 14.2. The van der Waals surface area contributed by atoms with E-state index < -0.39 is 0 Å². The summed E-state index contributed by atoms with van der Waals surface area (Å²) in [5.74, 6) is 1.40. The van der Waals surface area contributed by atoms with E-state index in [4.69, 9.17) is 10.5 Å². The molecular weight excluding hydrogens is 250 g/mol. The topological polar surface area (TPSA) is 52.3 Å². The molecule has 0 atom stereocenters. The maximum atomic E-state index is 11.8. The van der Waals surface area contributed by atoms with Gasteiger partial charge in [0, 0.05) is 19.3 Å². The highest BCUT2D eigenvalue weighted by molar-refractivity contribution is 5.78. The van der Waals surface area contributed by atoms with E-state index in [1.54, 1.807) is 0 Å². The summed E-state index contributed by atoms with van der Waals surface area (Å²) in [5.41, 5.74) is 7.99. The van der Waals surface area contributed by atoms with Crippen molar-refractivity contribution >= 4 is 5.78 Å². The Kier molecular flexibility index (Phi) is 6.06. The standard InChI is InChI=1S/C17H25NO2/c18-11-4-2-1-3-5-16(19)8-6-14-7-9-17-15(13-14)10-12-20-17/h7,9,13H,1-6,8,10-12,18H2. The minimum absolute atomic E-state index is 0.384. The van der Waals surface area contributed by atoms with E-state index in [0.717, 1.165) is 63.8 Å². The fraction of sp³-hybridized carbons (Fsp3) is 0.588.